The minimum absolute atomic E-state index is 0.0451. The predicted molar refractivity (Wildman–Crippen MR) is 106 cm³/mol. The number of hydrogen-bond acceptors (Lipinski definition) is 3. The number of benzene rings is 1. The predicted octanol–water partition coefficient (Wildman–Crippen LogP) is 5.50. The van der Waals surface area contributed by atoms with Crippen molar-refractivity contribution in [2.24, 2.45) is 5.92 Å². The summed E-state index contributed by atoms with van der Waals surface area (Å²) in [5.74, 6) is 1.26. The molecule has 0 aromatic heterocycles. The number of ether oxygens (including phenoxy) is 1. The molecule has 1 aliphatic carbocycles. The molecular weight excluding hydrogens is 363 g/mol. The molecule has 2 atom stereocenters. The summed E-state index contributed by atoms with van der Waals surface area (Å²) in [6.45, 7) is 8.48. The van der Waals surface area contributed by atoms with Gasteiger partial charge in [0.15, 0.2) is 0 Å². The molecule has 5 nitrogen and oxygen atoms in total. The zero-order chi connectivity index (χ0) is 19.8. The Morgan fingerprint density at radius 3 is 2.70 bits per heavy atom. The number of phosphoric ester groups is 1. The van der Waals surface area contributed by atoms with Gasteiger partial charge in [0.05, 0.1) is 0 Å². The van der Waals surface area contributed by atoms with Gasteiger partial charge in [-0.3, -0.25) is 9.79 Å². The van der Waals surface area contributed by atoms with Crippen LogP contribution < -0.4 is 9.26 Å². The van der Waals surface area contributed by atoms with Gasteiger partial charge in [-0.05, 0) is 64.2 Å². The molecule has 2 N–H and O–H groups in total. The van der Waals surface area contributed by atoms with Gasteiger partial charge < -0.3 is 9.26 Å². The SMILES string of the molecule is CCCCCc1cc2c(c(OP(=O)(O)O)c1)[C@@H]1C=C(C)CC[C@H]1C(C)(C)O2. The van der Waals surface area contributed by atoms with Crippen molar-refractivity contribution in [1.82, 2.24) is 0 Å². The third-order valence-electron chi connectivity index (χ3n) is 5.80. The van der Waals surface area contributed by atoms with Crippen LogP contribution in [0, 0.1) is 5.92 Å². The lowest BCUT2D eigenvalue weighted by Crippen LogP contribution is -2.45. The van der Waals surface area contributed by atoms with Crippen molar-refractivity contribution in [2.45, 2.75) is 77.7 Å². The summed E-state index contributed by atoms with van der Waals surface area (Å²) in [5, 5.41) is 0. The van der Waals surface area contributed by atoms with Crippen molar-refractivity contribution < 1.29 is 23.6 Å². The highest BCUT2D eigenvalue weighted by Gasteiger charge is 2.45. The van der Waals surface area contributed by atoms with Crippen molar-refractivity contribution >= 4 is 7.82 Å². The van der Waals surface area contributed by atoms with Gasteiger partial charge in [-0.15, -0.1) is 0 Å². The van der Waals surface area contributed by atoms with Crippen molar-refractivity contribution in [2.75, 3.05) is 0 Å². The van der Waals surface area contributed by atoms with Crippen LogP contribution in [-0.4, -0.2) is 15.4 Å². The molecule has 0 saturated carbocycles. The second-order valence-corrected chi connectivity index (χ2v) is 9.60. The van der Waals surface area contributed by atoms with E-state index in [0.29, 0.717) is 5.75 Å². The normalized spacial score (nSPS) is 23.7. The zero-order valence-corrected chi connectivity index (χ0v) is 17.6. The number of fused-ring (bicyclic) bond motifs is 3. The third-order valence-corrected chi connectivity index (χ3v) is 6.23. The van der Waals surface area contributed by atoms with Crippen molar-refractivity contribution in [1.29, 1.82) is 0 Å². The second kappa shape index (κ2) is 7.62. The summed E-state index contributed by atoms with van der Waals surface area (Å²) in [6, 6.07) is 3.83. The van der Waals surface area contributed by atoms with E-state index in [4.69, 9.17) is 9.26 Å². The Morgan fingerprint density at radius 2 is 2.04 bits per heavy atom. The van der Waals surface area contributed by atoms with E-state index < -0.39 is 7.82 Å². The van der Waals surface area contributed by atoms with Crippen LogP contribution in [0.4, 0.5) is 0 Å². The van der Waals surface area contributed by atoms with Crippen LogP contribution in [0.25, 0.3) is 0 Å². The van der Waals surface area contributed by atoms with Crippen LogP contribution in [0.3, 0.4) is 0 Å². The van der Waals surface area contributed by atoms with Gasteiger partial charge >= 0.3 is 7.82 Å². The first-order valence-corrected chi connectivity index (χ1v) is 11.4. The molecule has 0 radical (unpaired) electrons. The maximum atomic E-state index is 11.6. The first kappa shape index (κ1) is 20.4. The number of rotatable bonds is 6. The smallest absolute Gasteiger partial charge is 0.487 e. The van der Waals surface area contributed by atoms with Crippen molar-refractivity contribution in [3.8, 4) is 11.5 Å². The minimum Gasteiger partial charge on any atom is -0.487 e. The van der Waals surface area contributed by atoms with Crippen LogP contribution in [0.2, 0.25) is 0 Å². The summed E-state index contributed by atoms with van der Waals surface area (Å²) < 4.78 is 23.1. The van der Waals surface area contributed by atoms with Gasteiger partial charge in [0.1, 0.15) is 17.1 Å². The van der Waals surface area contributed by atoms with E-state index >= 15 is 0 Å². The lowest BCUT2D eigenvalue weighted by atomic mass is 9.68. The van der Waals surface area contributed by atoms with E-state index in [-0.39, 0.29) is 23.2 Å². The molecule has 2 aliphatic rings. The average Bonchev–Trinajstić information content (AvgIpc) is 2.52. The molecule has 6 heteroatoms. The van der Waals surface area contributed by atoms with E-state index in [1.807, 2.05) is 6.07 Å². The van der Waals surface area contributed by atoms with Crippen LogP contribution in [0.5, 0.6) is 11.5 Å². The number of unbranched alkanes of at least 4 members (excludes halogenated alkanes) is 2. The highest BCUT2D eigenvalue weighted by Crippen LogP contribution is 2.55. The highest BCUT2D eigenvalue weighted by atomic mass is 31.2. The summed E-state index contributed by atoms with van der Waals surface area (Å²) in [4.78, 5) is 18.9. The number of phosphoric acid groups is 1. The molecule has 27 heavy (non-hydrogen) atoms. The van der Waals surface area contributed by atoms with E-state index in [9.17, 15) is 14.4 Å². The Kier molecular flexibility index (Phi) is 5.77. The van der Waals surface area contributed by atoms with Crippen molar-refractivity contribution in [3.63, 3.8) is 0 Å². The fourth-order valence-electron chi connectivity index (χ4n) is 4.49. The molecule has 0 fully saturated rings. The standard InChI is InChI=1S/C21H31O5P/c1-5-6-7-8-15-12-18-20(19(13-15)26-27(22,23)24)16-11-14(2)9-10-17(16)21(3,4)25-18/h11-13,16-17H,5-10H2,1-4H3,(H2,22,23,24)/t16-,17-/m1/s1. The molecular formula is C21H31O5P. The maximum Gasteiger partial charge on any atom is 0.524 e. The fraction of sp³-hybridized carbons (Fsp3) is 0.619. The fourth-order valence-corrected chi connectivity index (χ4v) is 4.90. The lowest BCUT2D eigenvalue weighted by molar-refractivity contribution is 0.0109. The molecule has 0 unspecified atom stereocenters. The summed E-state index contributed by atoms with van der Waals surface area (Å²) >= 11 is 0. The van der Waals surface area contributed by atoms with E-state index in [0.717, 1.165) is 49.7 Å². The summed E-state index contributed by atoms with van der Waals surface area (Å²) in [7, 11) is -4.66. The Labute approximate surface area is 162 Å². The molecule has 3 rings (SSSR count). The Balaban J connectivity index is 2.10. The summed E-state index contributed by atoms with van der Waals surface area (Å²) in [5.41, 5.74) is 2.74. The van der Waals surface area contributed by atoms with E-state index in [2.05, 4.69) is 33.8 Å². The largest absolute Gasteiger partial charge is 0.524 e. The van der Waals surface area contributed by atoms with E-state index in [1.165, 1.54) is 5.57 Å². The Morgan fingerprint density at radius 1 is 1.30 bits per heavy atom. The van der Waals surface area contributed by atoms with Gasteiger partial charge in [0.2, 0.25) is 0 Å². The molecule has 1 aromatic carbocycles. The van der Waals surface area contributed by atoms with Crippen LogP contribution >= 0.6 is 7.82 Å². The van der Waals surface area contributed by atoms with Gasteiger partial charge in [-0.25, -0.2) is 4.57 Å². The monoisotopic (exact) mass is 394 g/mol. The molecule has 1 heterocycles. The Hall–Kier alpha value is -1.29. The Bertz CT molecular complexity index is 777. The highest BCUT2D eigenvalue weighted by molar-refractivity contribution is 7.46. The molecule has 1 aromatic rings. The quantitative estimate of drug-likeness (QED) is 0.378. The van der Waals surface area contributed by atoms with Gasteiger partial charge in [-0.2, -0.15) is 0 Å². The zero-order valence-electron chi connectivity index (χ0n) is 16.7. The topological polar surface area (TPSA) is 76.0 Å². The van der Waals surface area contributed by atoms with Crippen LogP contribution in [0.1, 0.15) is 76.8 Å². The lowest BCUT2D eigenvalue weighted by Gasteiger charge is -2.46. The first-order chi connectivity index (χ1) is 12.6. The average molecular weight is 394 g/mol. The van der Waals surface area contributed by atoms with Gasteiger partial charge in [0, 0.05) is 17.4 Å². The van der Waals surface area contributed by atoms with Crippen molar-refractivity contribution in [3.05, 3.63) is 34.9 Å². The van der Waals surface area contributed by atoms with Gasteiger partial charge in [-0.1, -0.05) is 31.4 Å². The van der Waals surface area contributed by atoms with Crippen LogP contribution in [-0.2, 0) is 11.0 Å². The molecule has 150 valence electrons. The minimum atomic E-state index is -4.66. The second-order valence-electron chi connectivity index (χ2n) is 8.43. The maximum absolute atomic E-state index is 11.6. The molecule has 0 amide bonds. The number of hydrogen-bond donors (Lipinski definition) is 2. The number of aryl methyl sites for hydroxylation is 1. The molecule has 0 spiro atoms. The van der Waals surface area contributed by atoms with E-state index in [1.54, 1.807) is 6.07 Å². The molecule has 1 aliphatic heterocycles. The van der Waals surface area contributed by atoms with Crippen LogP contribution in [0.15, 0.2) is 23.8 Å². The first-order valence-electron chi connectivity index (χ1n) is 9.89. The third kappa shape index (κ3) is 4.59. The van der Waals surface area contributed by atoms with Gasteiger partial charge in [0.25, 0.3) is 0 Å². The molecule has 0 bridgehead atoms. The number of allylic oxidation sites excluding steroid dienone is 2. The summed E-state index contributed by atoms with van der Waals surface area (Å²) in [6.07, 6.45) is 8.34. The molecule has 0 saturated heterocycles.